The molecule has 12 heavy (non-hydrogen) atoms. The molecule has 70 valence electrons. The Morgan fingerprint density at radius 2 is 2.17 bits per heavy atom. The van der Waals surface area contributed by atoms with Gasteiger partial charge in [0.05, 0.1) is 6.54 Å². The van der Waals surface area contributed by atoms with E-state index in [2.05, 4.69) is 5.16 Å². The summed E-state index contributed by atoms with van der Waals surface area (Å²) in [5.41, 5.74) is 5.32. The van der Waals surface area contributed by atoms with Gasteiger partial charge in [-0.05, 0) is 0 Å². The molecule has 1 saturated heterocycles. The molecule has 0 radical (unpaired) electrons. The first-order chi connectivity index (χ1) is 5.72. The van der Waals surface area contributed by atoms with Crippen molar-refractivity contribution < 1.29 is 9.42 Å². The largest absolute Gasteiger partial charge is 0.409 e. The summed E-state index contributed by atoms with van der Waals surface area (Å²) < 4.78 is 10.9. The van der Waals surface area contributed by atoms with Crippen LogP contribution in [-0.2, 0) is 10.8 Å². The van der Waals surface area contributed by atoms with Crippen LogP contribution in [0.1, 0.15) is 0 Å². The minimum Gasteiger partial charge on any atom is -0.409 e. The van der Waals surface area contributed by atoms with Gasteiger partial charge in [-0.2, -0.15) is 0 Å². The van der Waals surface area contributed by atoms with Gasteiger partial charge in [0.15, 0.2) is 5.84 Å². The molecule has 5 nitrogen and oxygen atoms in total. The molecule has 0 unspecified atom stereocenters. The molecule has 0 spiro atoms. The van der Waals surface area contributed by atoms with Gasteiger partial charge in [0.2, 0.25) is 0 Å². The lowest BCUT2D eigenvalue weighted by Gasteiger charge is -2.24. The van der Waals surface area contributed by atoms with E-state index in [-0.39, 0.29) is 5.84 Å². The summed E-state index contributed by atoms with van der Waals surface area (Å²) >= 11 is 0. The molecular weight excluding hydrogens is 178 g/mol. The topological polar surface area (TPSA) is 78.9 Å². The molecule has 1 aliphatic rings. The van der Waals surface area contributed by atoms with Crippen LogP contribution in [0.4, 0.5) is 0 Å². The highest BCUT2D eigenvalue weighted by Crippen LogP contribution is 1.98. The van der Waals surface area contributed by atoms with Gasteiger partial charge in [-0.25, -0.2) is 0 Å². The first kappa shape index (κ1) is 9.47. The van der Waals surface area contributed by atoms with Gasteiger partial charge in [0.1, 0.15) is 0 Å². The lowest BCUT2D eigenvalue weighted by atomic mass is 10.4. The van der Waals surface area contributed by atoms with Crippen molar-refractivity contribution >= 4 is 16.6 Å². The van der Waals surface area contributed by atoms with E-state index in [1.165, 1.54) is 0 Å². The minimum absolute atomic E-state index is 0.211. The molecule has 3 N–H and O–H groups in total. The third kappa shape index (κ3) is 2.78. The zero-order chi connectivity index (χ0) is 8.97. The number of hydrogen-bond donors (Lipinski definition) is 2. The molecule has 0 bridgehead atoms. The molecule has 1 fully saturated rings. The second kappa shape index (κ2) is 4.42. The van der Waals surface area contributed by atoms with Crippen LogP contribution >= 0.6 is 0 Å². The van der Waals surface area contributed by atoms with Gasteiger partial charge in [-0.15, -0.1) is 0 Å². The molecule has 1 heterocycles. The number of hydrogen-bond acceptors (Lipinski definition) is 4. The molecule has 0 atom stereocenters. The first-order valence-electron chi connectivity index (χ1n) is 3.76. The third-order valence-corrected chi connectivity index (χ3v) is 3.06. The van der Waals surface area contributed by atoms with Crippen LogP contribution in [0.2, 0.25) is 0 Å². The average Bonchev–Trinajstić information content (AvgIpc) is 2.09. The summed E-state index contributed by atoms with van der Waals surface area (Å²) in [6, 6.07) is 0. The SMILES string of the molecule is N/C(CN1CCS(=O)CC1)=N\O. The molecule has 0 aromatic rings. The van der Waals surface area contributed by atoms with E-state index in [4.69, 9.17) is 10.9 Å². The molecule has 0 aliphatic carbocycles. The maximum atomic E-state index is 10.9. The Morgan fingerprint density at radius 3 is 2.67 bits per heavy atom. The molecule has 1 rings (SSSR count). The minimum atomic E-state index is -0.663. The van der Waals surface area contributed by atoms with E-state index in [0.29, 0.717) is 18.1 Å². The molecule has 0 aromatic carbocycles. The summed E-state index contributed by atoms with van der Waals surface area (Å²) in [7, 11) is -0.663. The van der Waals surface area contributed by atoms with Crippen molar-refractivity contribution in [2.75, 3.05) is 31.1 Å². The van der Waals surface area contributed by atoms with Crippen LogP contribution in [0.5, 0.6) is 0 Å². The smallest absolute Gasteiger partial charge is 0.153 e. The average molecular weight is 191 g/mol. The Morgan fingerprint density at radius 1 is 1.58 bits per heavy atom. The highest BCUT2D eigenvalue weighted by molar-refractivity contribution is 7.85. The van der Waals surface area contributed by atoms with E-state index in [0.717, 1.165) is 13.1 Å². The Hall–Kier alpha value is -0.620. The van der Waals surface area contributed by atoms with Crippen LogP contribution in [0.3, 0.4) is 0 Å². The van der Waals surface area contributed by atoms with Crippen molar-refractivity contribution in [3.05, 3.63) is 0 Å². The summed E-state index contributed by atoms with van der Waals surface area (Å²) in [5.74, 6) is 1.60. The van der Waals surface area contributed by atoms with Crippen LogP contribution in [0.25, 0.3) is 0 Å². The standard InChI is InChI=1S/C6H13N3O2S/c7-6(8-10)5-9-1-3-12(11)4-2-9/h10H,1-5H2,(H2,7,8). The quantitative estimate of drug-likeness (QED) is 0.249. The number of amidine groups is 1. The lowest BCUT2D eigenvalue weighted by Crippen LogP contribution is -2.42. The normalized spacial score (nSPS) is 22.8. The summed E-state index contributed by atoms with van der Waals surface area (Å²) in [6.07, 6.45) is 0. The van der Waals surface area contributed by atoms with Crippen LogP contribution in [-0.4, -0.2) is 51.3 Å². The predicted molar refractivity (Wildman–Crippen MR) is 47.7 cm³/mol. The van der Waals surface area contributed by atoms with Gasteiger partial charge in [0.25, 0.3) is 0 Å². The van der Waals surface area contributed by atoms with Crippen LogP contribution < -0.4 is 5.73 Å². The first-order valence-corrected chi connectivity index (χ1v) is 5.25. The fourth-order valence-electron chi connectivity index (χ4n) is 1.09. The second-order valence-corrected chi connectivity index (χ2v) is 4.41. The van der Waals surface area contributed by atoms with Crippen molar-refractivity contribution in [3.63, 3.8) is 0 Å². The second-order valence-electron chi connectivity index (χ2n) is 2.72. The van der Waals surface area contributed by atoms with E-state index in [1.54, 1.807) is 0 Å². The number of oxime groups is 1. The van der Waals surface area contributed by atoms with Gasteiger partial charge in [-0.3, -0.25) is 9.11 Å². The van der Waals surface area contributed by atoms with Gasteiger partial charge in [0, 0.05) is 35.4 Å². The van der Waals surface area contributed by atoms with Crippen molar-refractivity contribution in [3.8, 4) is 0 Å². The number of nitrogens with zero attached hydrogens (tertiary/aromatic N) is 2. The Balaban J connectivity index is 2.31. The van der Waals surface area contributed by atoms with Crippen LogP contribution in [0.15, 0.2) is 5.16 Å². The zero-order valence-electron chi connectivity index (χ0n) is 6.77. The third-order valence-electron chi connectivity index (χ3n) is 1.78. The number of rotatable bonds is 2. The van der Waals surface area contributed by atoms with Crippen molar-refractivity contribution in [1.29, 1.82) is 0 Å². The summed E-state index contributed by atoms with van der Waals surface area (Å²) in [5, 5.41) is 11.2. The summed E-state index contributed by atoms with van der Waals surface area (Å²) in [6.45, 7) is 2.00. The van der Waals surface area contributed by atoms with E-state index in [9.17, 15) is 4.21 Å². The zero-order valence-corrected chi connectivity index (χ0v) is 7.59. The van der Waals surface area contributed by atoms with Crippen molar-refractivity contribution in [2.45, 2.75) is 0 Å². The predicted octanol–water partition coefficient (Wildman–Crippen LogP) is -1.20. The van der Waals surface area contributed by atoms with Crippen LogP contribution in [0, 0.1) is 0 Å². The molecule has 0 amide bonds. The Bertz CT molecular complexity index is 197. The number of nitrogens with two attached hydrogens (primary N) is 1. The maximum Gasteiger partial charge on any atom is 0.153 e. The molecular formula is C6H13N3O2S. The lowest BCUT2D eigenvalue weighted by molar-refractivity contribution is 0.302. The van der Waals surface area contributed by atoms with E-state index in [1.807, 2.05) is 4.90 Å². The molecule has 0 aromatic heterocycles. The fraction of sp³-hybridized carbons (Fsp3) is 0.833. The Labute approximate surface area is 73.7 Å². The molecule has 0 saturated carbocycles. The highest BCUT2D eigenvalue weighted by Gasteiger charge is 2.15. The van der Waals surface area contributed by atoms with Gasteiger partial charge < -0.3 is 10.9 Å². The fourth-order valence-corrected chi connectivity index (χ4v) is 2.22. The maximum absolute atomic E-state index is 10.9. The molecule has 6 heteroatoms. The summed E-state index contributed by atoms with van der Waals surface area (Å²) in [4.78, 5) is 2.02. The van der Waals surface area contributed by atoms with Crippen molar-refractivity contribution in [2.24, 2.45) is 10.9 Å². The Kier molecular flexibility index (Phi) is 3.48. The van der Waals surface area contributed by atoms with Gasteiger partial charge in [-0.1, -0.05) is 5.16 Å². The van der Waals surface area contributed by atoms with Crippen molar-refractivity contribution in [1.82, 2.24) is 4.90 Å². The van der Waals surface area contributed by atoms with Gasteiger partial charge >= 0.3 is 0 Å². The van der Waals surface area contributed by atoms with E-state index >= 15 is 0 Å². The molecule has 1 aliphatic heterocycles. The monoisotopic (exact) mass is 191 g/mol. The van der Waals surface area contributed by atoms with E-state index < -0.39 is 10.8 Å². The highest BCUT2D eigenvalue weighted by atomic mass is 32.2.